The standard InChI is InChI=1S/C21H40N4O2S/c1-18(2)15-19(24-7-11-27-12-8-24)16-22-20(26)23-17-21(5-3-4-6-21)25-9-13-28-14-10-25/h18-19H,3-17H2,1-2H3,(H2,22,23,26). The maximum atomic E-state index is 12.6. The van der Waals surface area contributed by atoms with Crippen molar-refractivity contribution in [3.8, 4) is 0 Å². The number of carbonyl (C=O) groups is 1. The minimum Gasteiger partial charge on any atom is -0.379 e. The van der Waals surface area contributed by atoms with Crippen molar-refractivity contribution in [2.45, 2.75) is 57.5 Å². The number of carbonyl (C=O) groups excluding carboxylic acids is 1. The van der Waals surface area contributed by atoms with E-state index in [1.165, 1.54) is 50.3 Å². The van der Waals surface area contributed by atoms with E-state index in [9.17, 15) is 4.79 Å². The molecule has 0 spiro atoms. The van der Waals surface area contributed by atoms with Crippen molar-refractivity contribution in [1.82, 2.24) is 20.4 Å². The van der Waals surface area contributed by atoms with E-state index >= 15 is 0 Å². The quantitative estimate of drug-likeness (QED) is 0.641. The molecular formula is C21H40N4O2S. The topological polar surface area (TPSA) is 56.8 Å². The first-order valence-corrected chi connectivity index (χ1v) is 12.4. The molecular weight excluding hydrogens is 372 g/mol. The van der Waals surface area contributed by atoms with Gasteiger partial charge in [-0.3, -0.25) is 9.80 Å². The molecule has 0 aromatic heterocycles. The highest BCUT2D eigenvalue weighted by Gasteiger charge is 2.40. The van der Waals surface area contributed by atoms with E-state index < -0.39 is 0 Å². The molecule has 2 heterocycles. The Balaban J connectivity index is 1.47. The fourth-order valence-corrected chi connectivity index (χ4v) is 5.94. The van der Waals surface area contributed by atoms with E-state index in [0.717, 1.165) is 45.8 Å². The van der Waals surface area contributed by atoms with Crippen LogP contribution in [0.5, 0.6) is 0 Å². The summed E-state index contributed by atoms with van der Waals surface area (Å²) in [5, 5.41) is 6.41. The fraction of sp³-hybridized carbons (Fsp3) is 0.952. The van der Waals surface area contributed by atoms with Crippen molar-refractivity contribution in [3.05, 3.63) is 0 Å². The molecule has 1 aliphatic carbocycles. The van der Waals surface area contributed by atoms with Gasteiger partial charge in [0.25, 0.3) is 0 Å². The van der Waals surface area contributed by atoms with Crippen LogP contribution in [0.4, 0.5) is 4.79 Å². The van der Waals surface area contributed by atoms with E-state index in [4.69, 9.17) is 4.74 Å². The predicted molar refractivity (Wildman–Crippen MR) is 117 cm³/mol. The van der Waals surface area contributed by atoms with Gasteiger partial charge in [0, 0.05) is 62.4 Å². The molecule has 7 heteroatoms. The molecule has 0 aromatic rings. The normalized spacial score (nSPS) is 25.0. The molecule has 1 atom stereocenters. The monoisotopic (exact) mass is 412 g/mol. The van der Waals surface area contributed by atoms with E-state index in [0.29, 0.717) is 12.0 Å². The van der Waals surface area contributed by atoms with Gasteiger partial charge in [0.1, 0.15) is 0 Å². The van der Waals surface area contributed by atoms with Gasteiger partial charge in [-0.05, 0) is 25.2 Å². The summed E-state index contributed by atoms with van der Waals surface area (Å²) in [7, 11) is 0. The first-order valence-electron chi connectivity index (χ1n) is 11.3. The van der Waals surface area contributed by atoms with Gasteiger partial charge in [-0.1, -0.05) is 26.7 Å². The third kappa shape index (κ3) is 6.25. The lowest BCUT2D eigenvalue weighted by atomic mass is 9.94. The van der Waals surface area contributed by atoms with Crippen LogP contribution in [0.25, 0.3) is 0 Å². The molecule has 0 aromatic carbocycles. The van der Waals surface area contributed by atoms with Gasteiger partial charge >= 0.3 is 6.03 Å². The number of nitrogens with zero attached hydrogens (tertiary/aromatic N) is 2. The Morgan fingerprint density at radius 1 is 1.07 bits per heavy atom. The minimum absolute atomic E-state index is 0.000301. The molecule has 3 fully saturated rings. The van der Waals surface area contributed by atoms with Gasteiger partial charge in [0.05, 0.1) is 13.2 Å². The van der Waals surface area contributed by atoms with E-state index in [-0.39, 0.29) is 11.6 Å². The fourth-order valence-electron chi connectivity index (χ4n) is 5.04. The third-order valence-electron chi connectivity index (χ3n) is 6.60. The molecule has 3 rings (SSSR count). The maximum Gasteiger partial charge on any atom is 0.314 e. The summed E-state index contributed by atoms with van der Waals surface area (Å²) >= 11 is 2.06. The summed E-state index contributed by atoms with van der Waals surface area (Å²) in [6.45, 7) is 11.9. The first-order chi connectivity index (χ1) is 13.6. The average molecular weight is 413 g/mol. The molecule has 28 heavy (non-hydrogen) atoms. The SMILES string of the molecule is CC(C)CC(CNC(=O)NCC1(N2CCSCC2)CCCC1)N1CCOCC1. The Kier molecular flexibility index (Phi) is 8.75. The molecule has 2 N–H and O–H groups in total. The van der Waals surface area contributed by atoms with E-state index in [2.05, 4.69) is 46.0 Å². The maximum absolute atomic E-state index is 12.6. The summed E-state index contributed by atoms with van der Waals surface area (Å²) in [5.74, 6) is 3.07. The minimum atomic E-state index is -0.000301. The van der Waals surface area contributed by atoms with Crippen LogP contribution < -0.4 is 10.6 Å². The highest BCUT2D eigenvalue weighted by molar-refractivity contribution is 7.99. The van der Waals surface area contributed by atoms with Crippen molar-refractivity contribution in [3.63, 3.8) is 0 Å². The van der Waals surface area contributed by atoms with Gasteiger partial charge in [-0.2, -0.15) is 11.8 Å². The smallest absolute Gasteiger partial charge is 0.314 e. The van der Waals surface area contributed by atoms with Crippen molar-refractivity contribution in [2.24, 2.45) is 5.92 Å². The van der Waals surface area contributed by atoms with E-state index in [1.807, 2.05) is 0 Å². The lowest BCUT2D eigenvalue weighted by Gasteiger charge is -2.43. The highest BCUT2D eigenvalue weighted by Crippen LogP contribution is 2.36. The van der Waals surface area contributed by atoms with Crippen LogP contribution in [0.2, 0.25) is 0 Å². The molecule has 6 nitrogen and oxygen atoms in total. The number of rotatable bonds is 8. The van der Waals surface area contributed by atoms with Gasteiger partial charge in [0.15, 0.2) is 0 Å². The van der Waals surface area contributed by atoms with Gasteiger partial charge in [-0.15, -0.1) is 0 Å². The van der Waals surface area contributed by atoms with Gasteiger partial charge in [-0.25, -0.2) is 4.79 Å². The number of urea groups is 1. The van der Waals surface area contributed by atoms with Crippen molar-refractivity contribution in [2.75, 3.05) is 64.0 Å². The zero-order valence-corrected chi connectivity index (χ0v) is 18.7. The number of morpholine rings is 1. The molecule has 3 aliphatic rings. The van der Waals surface area contributed by atoms with Crippen molar-refractivity contribution >= 4 is 17.8 Å². The molecule has 2 aliphatic heterocycles. The molecule has 0 radical (unpaired) electrons. The molecule has 1 unspecified atom stereocenters. The first kappa shape index (κ1) is 22.2. The zero-order chi connectivity index (χ0) is 19.8. The highest BCUT2D eigenvalue weighted by atomic mass is 32.2. The summed E-state index contributed by atoms with van der Waals surface area (Å²) in [6, 6.07) is 0.397. The Hall–Kier alpha value is -0.500. The summed E-state index contributed by atoms with van der Waals surface area (Å²) in [4.78, 5) is 17.7. The Morgan fingerprint density at radius 2 is 1.75 bits per heavy atom. The van der Waals surface area contributed by atoms with Crippen molar-refractivity contribution in [1.29, 1.82) is 0 Å². The number of amides is 2. The second-order valence-corrected chi connectivity index (χ2v) is 10.3. The molecule has 0 bridgehead atoms. The Bertz CT molecular complexity index is 473. The van der Waals surface area contributed by atoms with Gasteiger partial charge < -0.3 is 15.4 Å². The van der Waals surface area contributed by atoms with Crippen LogP contribution in [0.1, 0.15) is 46.0 Å². The number of hydrogen-bond acceptors (Lipinski definition) is 5. The lowest BCUT2D eigenvalue weighted by molar-refractivity contribution is 0.0129. The summed E-state index contributed by atoms with van der Waals surface area (Å²) in [6.07, 6.45) is 6.14. The summed E-state index contributed by atoms with van der Waals surface area (Å²) < 4.78 is 5.50. The average Bonchev–Trinajstić information content (AvgIpc) is 3.21. The van der Waals surface area contributed by atoms with E-state index in [1.54, 1.807) is 0 Å². The summed E-state index contributed by atoms with van der Waals surface area (Å²) in [5.41, 5.74) is 0.194. The number of thioether (sulfide) groups is 1. The Labute approximate surface area is 175 Å². The largest absolute Gasteiger partial charge is 0.379 e. The Morgan fingerprint density at radius 3 is 2.39 bits per heavy atom. The van der Waals surface area contributed by atoms with Crippen molar-refractivity contribution < 1.29 is 9.53 Å². The van der Waals surface area contributed by atoms with Crippen LogP contribution in [0, 0.1) is 5.92 Å². The number of ether oxygens (including phenoxy) is 1. The van der Waals surface area contributed by atoms with Crippen LogP contribution in [-0.2, 0) is 4.74 Å². The lowest BCUT2D eigenvalue weighted by Crippen LogP contribution is -2.58. The van der Waals surface area contributed by atoms with Crippen LogP contribution >= 0.6 is 11.8 Å². The molecule has 2 amide bonds. The number of hydrogen-bond donors (Lipinski definition) is 2. The molecule has 1 saturated carbocycles. The predicted octanol–water partition coefficient (Wildman–Crippen LogP) is 2.39. The second-order valence-electron chi connectivity index (χ2n) is 9.03. The number of nitrogens with one attached hydrogen (secondary N) is 2. The third-order valence-corrected chi connectivity index (χ3v) is 7.54. The van der Waals surface area contributed by atoms with Gasteiger partial charge in [0.2, 0.25) is 0 Å². The molecule has 2 saturated heterocycles. The second kappa shape index (κ2) is 11.0. The van der Waals surface area contributed by atoms with Crippen LogP contribution in [0.3, 0.4) is 0 Å². The zero-order valence-electron chi connectivity index (χ0n) is 17.9. The molecule has 162 valence electrons. The van der Waals surface area contributed by atoms with Crippen LogP contribution in [-0.4, -0.2) is 91.4 Å². The van der Waals surface area contributed by atoms with Crippen LogP contribution in [0.15, 0.2) is 0 Å².